The van der Waals surface area contributed by atoms with Gasteiger partial charge in [0.25, 0.3) is 10.1 Å². The molecule has 0 radical (unpaired) electrons. The molecule has 0 heterocycles. The van der Waals surface area contributed by atoms with E-state index < -0.39 is 10.1 Å². The van der Waals surface area contributed by atoms with Crippen molar-refractivity contribution in [1.82, 2.24) is 4.90 Å². The number of hydrogen-bond donors (Lipinski definition) is 0. The Morgan fingerprint density at radius 2 is 0.744 bits per heavy atom. The highest BCUT2D eigenvalue weighted by Gasteiger charge is 2.14. The third-order valence-electron chi connectivity index (χ3n) is 5.43. The second kappa shape index (κ2) is 28.2. The molecule has 13 nitrogen and oxygen atoms in total. The van der Waals surface area contributed by atoms with E-state index in [1.807, 2.05) is 21.0 Å². The second-order valence-electron chi connectivity index (χ2n) is 9.40. The molecule has 1 aromatic carbocycles. The maximum Gasteiger partial charge on any atom is 0.297 e. The zero-order valence-electron chi connectivity index (χ0n) is 26.2. The summed E-state index contributed by atoms with van der Waals surface area (Å²) in [4.78, 5) is 2.21. The van der Waals surface area contributed by atoms with Crippen LogP contribution < -0.4 is 0 Å². The Hall–Kier alpha value is -1.27. The Labute approximate surface area is 258 Å². The molecule has 43 heavy (non-hydrogen) atoms. The molecule has 0 N–H and O–H groups in total. The number of likely N-dealkylation sites (N-methyl/N-ethyl adjacent to an activating group) is 1. The highest BCUT2D eigenvalue weighted by atomic mass is 32.2. The lowest BCUT2D eigenvalue weighted by Crippen LogP contribution is -2.19. The van der Waals surface area contributed by atoms with Gasteiger partial charge in [-0.2, -0.15) is 8.42 Å². The van der Waals surface area contributed by atoms with Gasteiger partial charge in [0.1, 0.15) is 0 Å². The molecule has 0 unspecified atom stereocenters. The Bertz CT molecular complexity index is 842. The number of hydrogen-bond acceptors (Lipinski definition) is 13. The Kier molecular flexibility index (Phi) is 26.1. The van der Waals surface area contributed by atoms with Crippen molar-refractivity contribution in [3.63, 3.8) is 0 Å². The number of aryl methyl sites for hydroxylation is 1. The molecular weight excluding hydrogens is 586 g/mol. The van der Waals surface area contributed by atoms with Crippen molar-refractivity contribution in [2.45, 2.75) is 11.8 Å². The number of ether oxygens (including phenoxy) is 9. The van der Waals surface area contributed by atoms with Crippen LogP contribution in [0.4, 0.5) is 0 Å². The zero-order valence-corrected chi connectivity index (χ0v) is 27.0. The van der Waals surface area contributed by atoms with Gasteiger partial charge in [-0.3, -0.25) is 4.18 Å². The minimum Gasteiger partial charge on any atom is -0.378 e. The summed E-state index contributed by atoms with van der Waals surface area (Å²) in [5, 5.41) is 0. The van der Waals surface area contributed by atoms with Gasteiger partial charge in [0, 0.05) is 6.54 Å². The molecule has 1 rings (SSSR count). The molecule has 0 aliphatic carbocycles. The molecule has 0 aliphatic heterocycles. The molecule has 0 aromatic heterocycles. The summed E-state index contributed by atoms with van der Waals surface area (Å²) >= 11 is 0. The van der Waals surface area contributed by atoms with E-state index in [1.165, 1.54) is 12.1 Å². The van der Waals surface area contributed by atoms with Crippen molar-refractivity contribution in [2.24, 2.45) is 0 Å². The summed E-state index contributed by atoms with van der Waals surface area (Å²) < 4.78 is 78.0. The quantitative estimate of drug-likeness (QED) is 0.0833. The fourth-order valence-electron chi connectivity index (χ4n) is 3.08. The van der Waals surface area contributed by atoms with E-state index in [0.717, 1.165) is 12.1 Å². The van der Waals surface area contributed by atoms with Crippen LogP contribution in [0.15, 0.2) is 29.2 Å². The average molecular weight is 640 g/mol. The largest absolute Gasteiger partial charge is 0.378 e. The zero-order chi connectivity index (χ0) is 31.3. The second-order valence-corrected chi connectivity index (χ2v) is 11.0. The monoisotopic (exact) mass is 639 g/mol. The van der Waals surface area contributed by atoms with Crippen molar-refractivity contribution >= 4 is 10.1 Å². The maximum absolute atomic E-state index is 12.1. The first-order valence-corrected chi connectivity index (χ1v) is 16.1. The van der Waals surface area contributed by atoms with Crippen LogP contribution in [0.3, 0.4) is 0 Å². The number of rotatable bonds is 32. The molecule has 0 saturated carbocycles. The molecule has 0 spiro atoms. The molecule has 0 saturated heterocycles. The minimum absolute atomic E-state index is 0.0559. The van der Waals surface area contributed by atoms with Crippen LogP contribution >= 0.6 is 0 Å². The third kappa shape index (κ3) is 25.7. The normalized spacial score (nSPS) is 12.0. The summed E-state index contributed by atoms with van der Waals surface area (Å²) in [5.41, 5.74) is 0.977. The topological polar surface area (TPSA) is 130 Å². The van der Waals surface area contributed by atoms with Gasteiger partial charge < -0.3 is 47.5 Å². The van der Waals surface area contributed by atoms with Crippen LogP contribution in [0.5, 0.6) is 0 Å². The van der Waals surface area contributed by atoms with Gasteiger partial charge in [-0.15, -0.1) is 0 Å². The van der Waals surface area contributed by atoms with E-state index in [-0.39, 0.29) is 18.1 Å². The van der Waals surface area contributed by atoms with Crippen molar-refractivity contribution < 1.29 is 55.2 Å². The SMILES string of the molecule is Cc1ccc(S(=O)(=O)OCCOCCOCCOCCOCCOCCOCCOCCOCCOCCN(C)C)cc1. The van der Waals surface area contributed by atoms with Gasteiger partial charge in [-0.25, -0.2) is 0 Å². The first-order chi connectivity index (χ1) is 20.9. The number of nitrogens with zero attached hydrogens (tertiary/aromatic N) is 1. The summed E-state index contributed by atoms with van der Waals surface area (Å²) in [7, 11) is 0.259. The summed E-state index contributed by atoms with van der Waals surface area (Å²) in [6.45, 7) is 11.4. The lowest BCUT2D eigenvalue weighted by Gasteiger charge is -2.10. The smallest absolute Gasteiger partial charge is 0.297 e. The molecular formula is C29H53NO12S. The number of benzene rings is 1. The van der Waals surface area contributed by atoms with E-state index in [0.29, 0.717) is 112 Å². The van der Waals surface area contributed by atoms with Crippen LogP contribution in [-0.4, -0.2) is 159 Å². The summed E-state index contributed by atoms with van der Waals surface area (Å²) in [6.07, 6.45) is 0. The molecule has 1 aromatic rings. The van der Waals surface area contributed by atoms with Crippen LogP contribution in [0, 0.1) is 6.92 Å². The highest BCUT2D eigenvalue weighted by Crippen LogP contribution is 2.12. The molecule has 0 aliphatic rings. The summed E-state index contributed by atoms with van der Waals surface area (Å²) in [6, 6.07) is 6.49. The molecule has 0 atom stereocenters. The minimum atomic E-state index is -3.77. The lowest BCUT2D eigenvalue weighted by atomic mass is 10.2. The molecule has 0 bridgehead atoms. The Morgan fingerprint density at radius 1 is 0.465 bits per heavy atom. The molecule has 14 heteroatoms. The van der Waals surface area contributed by atoms with E-state index >= 15 is 0 Å². The Morgan fingerprint density at radius 3 is 1.05 bits per heavy atom. The van der Waals surface area contributed by atoms with Crippen molar-refractivity contribution in [1.29, 1.82) is 0 Å². The maximum atomic E-state index is 12.1. The predicted molar refractivity (Wildman–Crippen MR) is 160 cm³/mol. The molecule has 0 amide bonds. The first-order valence-electron chi connectivity index (χ1n) is 14.7. The van der Waals surface area contributed by atoms with Crippen molar-refractivity contribution in [3.05, 3.63) is 29.8 Å². The molecule has 0 fully saturated rings. The van der Waals surface area contributed by atoms with E-state index in [1.54, 1.807) is 12.1 Å². The first kappa shape index (κ1) is 39.8. The van der Waals surface area contributed by atoms with Gasteiger partial charge in [0.2, 0.25) is 0 Å². The van der Waals surface area contributed by atoms with Crippen LogP contribution in [0.2, 0.25) is 0 Å². The third-order valence-corrected chi connectivity index (χ3v) is 6.76. The summed E-state index contributed by atoms with van der Waals surface area (Å²) in [5.74, 6) is 0. The van der Waals surface area contributed by atoms with Gasteiger partial charge in [-0.1, -0.05) is 17.7 Å². The molecule has 252 valence electrons. The standard InChI is InChI=1S/C29H53NO12S/c1-28-4-6-29(7-5-28)43(31,32)42-27-26-41-25-24-40-23-22-39-21-20-38-19-18-37-17-16-36-15-14-35-13-12-34-11-10-33-9-8-30(2)3/h4-7H,8-27H2,1-3H3. The van der Waals surface area contributed by atoms with Gasteiger partial charge in [-0.05, 0) is 33.2 Å². The van der Waals surface area contributed by atoms with Crippen molar-refractivity contribution in [2.75, 3.05) is 146 Å². The fraction of sp³-hybridized carbons (Fsp3) is 0.793. The Balaban J connectivity index is 1.70. The average Bonchev–Trinajstić information content (AvgIpc) is 2.98. The predicted octanol–water partition coefficient (Wildman–Crippen LogP) is 1.41. The van der Waals surface area contributed by atoms with Crippen molar-refractivity contribution in [3.8, 4) is 0 Å². The van der Waals surface area contributed by atoms with E-state index in [2.05, 4.69) is 4.90 Å². The fourth-order valence-corrected chi connectivity index (χ4v) is 3.98. The van der Waals surface area contributed by atoms with Crippen LogP contribution in [0.25, 0.3) is 0 Å². The van der Waals surface area contributed by atoms with Crippen LogP contribution in [0.1, 0.15) is 5.56 Å². The van der Waals surface area contributed by atoms with Gasteiger partial charge >= 0.3 is 0 Å². The van der Waals surface area contributed by atoms with Gasteiger partial charge in [0.05, 0.1) is 130 Å². The van der Waals surface area contributed by atoms with E-state index in [4.69, 9.17) is 46.8 Å². The van der Waals surface area contributed by atoms with Crippen LogP contribution in [-0.2, 0) is 56.9 Å². The highest BCUT2D eigenvalue weighted by molar-refractivity contribution is 7.86. The lowest BCUT2D eigenvalue weighted by molar-refractivity contribution is -0.0255. The van der Waals surface area contributed by atoms with E-state index in [9.17, 15) is 8.42 Å². The van der Waals surface area contributed by atoms with Gasteiger partial charge in [0.15, 0.2) is 0 Å².